The van der Waals surface area contributed by atoms with Crippen molar-refractivity contribution >= 4 is 12.1 Å². The Balaban J connectivity index is 2.29. The van der Waals surface area contributed by atoms with Crippen molar-refractivity contribution in [3.05, 3.63) is 24.0 Å². The molecule has 0 fully saturated rings. The summed E-state index contributed by atoms with van der Waals surface area (Å²) in [7, 11) is 0. The number of carbonyl (C=O) groups is 2. The van der Waals surface area contributed by atoms with Crippen LogP contribution < -0.4 is 10.1 Å². The van der Waals surface area contributed by atoms with E-state index in [0.29, 0.717) is 13.0 Å². The third-order valence-electron chi connectivity index (χ3n) is 2.22. The molecule has 1 heterocycles. The van der Waals surface area contributed by atoms with Gasteiger partial charge in [-0.3, -0.25) is 0 Å². The van der Waals surface area contributed by atoms with Crippen molar-refractivity contribution in [2.24, 2.45) is 0 Å². The lowest BCUT2D eigenvalue weighted by Crippen LogP contribution is -2.33. The molecule has 1 aromatic rings. The molecule has 7 heteroatoms. The first kappa shape index (κ1) is 16.7. The molecule has 1 amide bonds. The van der Waals surface area contributed by atoms with Gasteiger partial charge in [-0.1, -0.05) is 0 Å². The quantitative estimate of drug-likeness (QED) is 0.780. The van der Waals surface area contributed by atoms with Crippen molar-refractivity contribution in [2.45, 2.75) is 32.8 Å². The molecule has 1 rings (SSSR count). The van der Waals surface area contributed by atoms with Gasteiger partial charge in [-0.2, -0.15) is 0 Å². The predicted molar refractivity (Wildman–Crippen MR) is 75.5 cm³/mol. The minimum absolute atomic E-state index is 0.127. The van der Waals surface area contributed by atoms with E-state index in [1.165, 1.54) is 12.3 Å². The van der Waals surface area contributed by atoms with Crippen LogP contribution in [0.25, 0.3) is 0 Å². The lowest BCUT2D eigenvalue weighted by molar-refractivity contribution is 0.0525. The van der Waals surface area contributed by atoms with Gasteiger partial charge in [0.25, 0.3) is 0 Å². The minimum atomic E-state index is -1.14. The number of aromatic nitrogens is 1. The lowest BCUT2D eigenvalue weighted by Gasteiger charge is -2.19. The van der Waals surface area contributed by atoms with E-state index in [-0.39, 0.29) is 18.1 Å². The van der Waals surface area contributed by atoms with Crippen LogP contribution >= 0.6 is 0 Å². The Hall–Kier alpha value is -2.31. The third kappa shape index (κ3) is 6.60. The molecule has 0 aromatic carbocycles. The van der Waals surface area contributed by atoms with Crippen molar-refractivity contribution in [2.75, 3.05) is 13.2 Å². The maximum absolute atomic E-state index is 11.4. The Morgan fingerprint density at radius 1 is 1.38 bits per heavy atom. The molecular weight excluding hydrogens is 276 g/mol. The van der Waals surface area contributed by atoms with Crippen molar-refractivity contribution < 1.29 is 24.2 Å². The van der Waals surface area contributed by atoms with E-state index in [2.05, 4.69) is 10.3 Å². The van der Waals surface area contributed by atoms with Crippen LogP contribution in [0.1, 0.15) is 37.7 Å². The Kier molecular flexibility index (Phi) is 5.95. The first-order chi connectivity index (χ1) is 9.79. The van der Waals surface area contributed by atoms with E-state index in [0.717, 1.165) is 0 Å². The van der Waals surface area contributed by atoms with Gasteiger partial charge in [-0.15, -0.1) is 0 Å². The smallest absolute Gasteiger partial charge is 0.407 e. The Morgan fingerprint density at radius 3 is 2.71 bits per heavy atom. The minimum Gasteiger partial charge on any atom is -0.491 e. The van der Waals surface area contributed by atoms with Crippen molar-refractivity contribution in [1.82, 2.24) is 10.3 Å². The Morgan fingerprint density at radius 2 is 2.10 bits per heavy atom. The molecule has 0 spiro atoms. The van der Waals surface area contributed by atoms with Gasteiger partial charge in [0, 0.05) is 12.7 Å². The highest BCUT2D eigenvalue weighted by Crippen LogP contribution is 2.15. The summed E-state index contributed by atoms with van der Waals surface area (Å²) in [5, 5.41) is 11.5. The van der Waals surface area contributed by atoms with Crippen LogP contribution in [-0.4, -0.2) is 40.9 Å². The summed E-state index contributed by atoms with van der Waals surface area (Å²) in [6.07, 6.45) is 1.42. The maximum Gasteiger partial charge on any atom is 0.407 e. The molecule has 0 unspecified atom stereocenters. The zero-order chi connectivity index (χ0) is 15.9. The standard InChI is InChI=1S/C14H20N2O5/c1-14(2,3)21-13(19)16-8-5-9-20-10-6-4-7-15-11(10)12(17)18/h4,6-7H,5,8-9H2,1-3H3,(H,16,19)(H,17,18). The number of amides is 1. The fraction of sp³-hybridized carbons (Fsp3) is 0.500. The van der Waals surface area contributed by atoms with Gasteiger partial charge in [0.1, 0.15) is 5.60 Å². The van der Waals surface area contributed by atoms with Crippen LogP contribution in [0.2, 0.25) is 0 Å². The molecule has 2 N–H and O–H groups in total. The van der Waals surface area contributed by atoms with Crippen molar-refractivity contribution in [3.63, 3.8) is 0 Å². The number of pyridine rings is 1. The number of nitrogens with one attached hydrogen (secondary N) is 1. The largest absolute Gasteiger partial charge is 0.491 e. The number of carboxylic acids is 1. The van der Waals surface area contributed by atoms with E-state index >= 15 is 0 Å². The molecule has 0 aliphatic carbocycles. The van der Waals surface area contributed by atoms with Crippen LogP contribution in [0.4, 0.5) is 4.79 Å². The van der Waals surface area contributed by atoms with Crippen LogP contribution in [0.5, 0.6) is 5.75 Å². The highest BCUT2D eigenvalue weighted by Gasteiger charge is 2.15. The van der Waals surface area contributed by atoms with Crippen molar-refractivity contribution in [3.8, 4) is 5.75 Å². The number of alkyl carbamates (subject to hydrolysis) is 1. The summed E-state index contributed by atoms with van der Waals surface area (Å²) >= 11 is 0. The number of ether oxygens (including phenoxy) is 2. The second kappa shape index (κ2) is 7.47. The van der Waals surface area contributed by atoms with Gasteiger partial charge >= 0.3 is 12.1 Å². The number of carbonyl (C=O) groups excluding carboxylic acids is 1. The van der Waals surface area contributed by atoms with Gasteiger partial charge in [0.2, 0.25) is 0 Å². The molecule has 0 bridgehead atoms. The monoisotopic (exact) mass is 296 g/mol. The van der Waals surface area contributed by atoms with E-state index in [1.54, 1.807) is 26.8 Å². The molecule has 21 heavy (non-hydrogen) atoms. The normalized spacial score (nSPS) is 10.8. The van der Waals surface area contributed by atoms with Gasteiger partial charge in [-0.25, -0.2) is 14.6 Å². The first-order valence-electron chi connectivity index (χ1n) is 6.57. The Bertz CT molecular complexity index is 496. The summed E-state index contributed by atoms with van der Waals surface area (Å²) in [5.41, 5.74) is -0.662. The van der Waals surface area contributed by atoms with E-state index in [4.69, 9.17) is 14.6 Å². The highest BCUT2D eigenvalue weighted by molar-refractivity contribution is 5.88. The zero-order valence-corrected chi connectivity index (χ0v) is 12.4. The molecular formula is C14H20N2O5. The van der Waals surface area contributed by atoms with Gasteiger partial charge < -0.3 is 19.9 Å². The second-order valence-electron chi connectivity index (χ2n) is 5.29. The van der Waals surface area contributed by atoms with E-state index in [1.807, 2.05) is 0 Å². The molecule has 0 saturated heterocycles. The molecule has 116 valence electrons. The fourth-order valence-electron chi connectivity index (χ4n) is 1.43. The lowest BCUT2D eigenvalue weighted by atomic mass is 10.2. The van der Waals surface area contributed by atoms with Gasteiger partial charge in [-0.05, 0) is 39.3 Å². The van der Waals surface area contributed by atoms with Crippen LogP contribution in [0.15, 0.2) is 18.3 Å². The molecule has 0 radical (unpaired) electrons. The average molecular weight is 296 g/mol. The fourth-order valence-corrected chi connectivity index (χ4v) is 1.43. The number of aromatic carboxylic acids is 1. The SMILES string of the molecule is CC(C)(C)OC(=O)NCCCOc1cccnc1C(=O)O. The summed E-state index contributed by atoms with van der Waals surface area (Å²) in [6, 6.07) is 3.14. The van der Waals surface area contributed by atoms with Gasteiger partial charge in [0.05, 0.1) is 6.61 Å². The number of rotatable bonds is 6. The highest BCUT2D eigenvalue weighted by atomic mass is 16.6. The third-order valence-corrected chi connectivity index (χ3v) is 2.22. The summed E-state index contributed by atoms with van der Waals surface area (Å²) in [5.74, 6) is -0.931. The summed E-state index contributed by atoms with van der Waals surface area (Å²) < 4.78 is 10.4. The molecule has 0 aliphatic heterocycles. The molecule has 1 aromatic heterocycles. The zero-order valence-electron chi connectivity index (χ0n) is 12.4. The maximum atomic E-state index is 11.4. The second-order valence-corrected chi connectivity index (χ2v) is 5.29. The number of carboxylic acid groups (broad SMARTS) is 1. The first-order valence-corrected chi connectivity index (χ1v) is 6.57. The molecule has 0 saturated carbocycles. The average Bonchev–Trinajstić information content (AvgIpc) is 2.36. The Labute approximate surface area is 123 Å². The molecule has 0 atom stereocenters. The van der Waals surface area contributed by atoms with Gasteiger partial charge in [0.15, 0.2) is 11.4 Å². The number of hydrogen-bond donors (Lipinski definition) is 2. The summed E-state index contributed by atoms with van der Waals surface area (Å²) in [4.78, 5) is 26.0. The van der Waals surface area contributed by atoms with Crippen LogP contribution in [0.3, 0.4) is 0 Å². The molecule has 0 aliphatic rings. The van der Waals surface area contributed by atoms with E-state index < -0.39 is 17.7 Å². The number of nitrogens with zero attached hydrogens (tertiary/aromatic N) is 1. The molecule has 7 nitrogen and oxygen atoms in total. The van der Waals surface area contributed by atoms with Crippen LogP contribution in [0, 0.1) is 0 Å². The summed E-state index contributed by atoms with van der Waals surface area (Å²) in [6.45, 7) is 5.99. The number of hydrogen-bond acceptors (Lipinski definition) is 5. The van der Waals surface area contributed by atoms with Crippen LogP contribution in [-0.2, 0) is 4.74 Å². The topological polar surface area (TPSA) is 97.8 Å². The van der Waals surface area contributed by atoms with E-state index in [9.17, 15) is 9.59 Å². The predicted octanol–water partition coefficient (Wildman–Crippen LogP) is 2.07. The van der Waals surface area contributed by atoms with Crippen molar-refractivity contribution in [1.29, 1.82) is 0 Å².